The zero-order chi connectivity index (χ0) is 15.7. The molecule has 1 aromatic carbocycles. The van der Waals surface area contributed by atoms with Gasteiger partial charge in [-0.15, -0.1) is 0 Å². The first-order valence-corrected chi connectivity index (χ1v) is 8.52. The minimum Gasteiger partial charge on any atom is -0.369 e. The Kier molecular flexibility index (Phi) is 4.08. The zero-order valence-electron chi connectivity index (χ0n) is 12.2. The van der Waals surface area contributed by atoms with Gasteiger partial charge in [-0.2, -0.15) is 4.99 Å². The van der Waals surface area contributed by atoms with E-state index in [0.29, 0.717) is 11.0 Å². The molecule has 0 atom stereocenters. The van der Waals surface area contributed by atoms with E-state index in [2.05, 4.69) is 25.9 Å². The average Bonchev–Trinajstić information content (AvgIpc) is 2.48. The number of aliphatic imine (C=N–C) groups is 2. The Morgan fingerprint density at radius 3 is 2.59 bits per heavy atom. The number of nitrogens with two attached hydrogens (primary N) is 2. The Morgan fingerprint density at radius 2 is 1.95 bits per heavy atom. The number of hydrogen-bond donors (Lipinski definition) is 2. The SMILES string of the molecule is NC1=NC2(CCCCC2)N(c2ccc(CBr)cc2F)C(N)=N1. The molecule has 1 aromatic rings. The molecule has 1 fully saturated rings. The summed E-state index contributed by atoms with van der Waals surface area (Å²) in [6, 6.07) is 5.12. The highest BCUT2D eigenvalue weighted by Crippen LogP contribution is 2.40. The van der Waals surface area contributed by atoms with Crippen LogP contribution in [0, 0.1) is 5.82 Å². The number of nitrogens with zero attached hydrogens (tertiary/aromatic N) is 3. The first kappa shape index (κ1) is 15.3. The maximum Gasteiger partial charge on any atom is 0.220 e. The lowest BCUT2D eigenvalue weighted by atomic mass is 9.87. The van der Waals surface area contributed by atoms with Crippen LogP contribution >= 0.6 is 15.9 Å². The molecule has 118 valence electrons. The summed E-state index contributed by atoms with van der Waals surface area (Å²) >= 11 is 3.33. The lowest BCUT2D eigenvalue weighted by molar-refractivity contribution is 0.304. The van der Waals surface area contributed by atoms with E-state index >= 15 is 0 Å². The van der Waals surface area contributed by atoms with Gasteiger partial charge in [-0.1, -0.05) is 28.4 Å². The minimum absolute atomic E-state index is 0.174. The molecule has 7 heteroatoms. The molecule has 0 unspecified atom stereocenters. The molecule has 1 heterocycles. The molecular formula is C15H19BrFN5. The number of anilines is 1. The van der Waals surface area contributed by atoms with Crippen molar-refractivity contribution in [3.63, 3.8) is 0 Å². The Labute approximate surface area is 137 Å². The van der Waals surface area contributed by atoms with Gasteiger partial charge >= 0.3 is 0 Å². The van der Waals surface area contributed by atoms with Crippen molar-refractivity contribution in [3.8, 4) is 0 Å². The summed E-state index contributed by atoms with van der Waals surface area (Å²) in [6.45, 7) is 0. The van der Waals surface area contributed by atoms with Gasteiger partial charge in [0, 0.05) is 5.33 Å². The van der Waals surface area contributed by atoms with Crippen LogP contribution in [0.1, 0.15) is 37.7 Å². The second-order valence-corrected chi connectivity index (χ2v) is 6.30. The second-order valence-electron chi connectivity index (χ2n) is 5.74. The number of halogens is 2. The average molecular weight is 368 g/mol. The van der Waals surface area contributed by atoms with Crippen LogP contribution in [0.4, 0.5) is 10.1 Å². The maximum absolute atomic E-state index is 14.6. The Bertz CT molecular complexity index is 637. The van der Waals surface area contributed by atoms with Crippen LogP contribution in [0.15, 0.2) is 28.2 Å². The van der Waals surface area contributed by atoms with Gasteiger partial charge in [0.25, 0.3) is 0 Å². The summed E-state index contributed by atoms with van der Waals surface area (Å²) in [5, 5.41) is 0.601. The van der Waals surface area contributed by atoms with Gasteiger partial charge in [0.15, 0.2) is 0 Å². The van der Waals surface area contributed by atoms with Crippen LogP contribution in [0.3, 0.4) is 0 Å². The molecule has 0 saturated heterocycles. The van der Waals surface area contributed by atoms with Crippen LogP contribution < -0.4 is 16.4 Å². The molecule has 0 aromatic heterocycles. The zero-order valence-corrected chi connectivity index (χ0v) is 13.8. The van der Waals surface area contributed by atoms with Gasteiger partial charge in [0.1, 0.15) is 11.5 Å². The fraction of sp³-hybridized carbons (Fsp3) is 0.467. The van der Waals surface area contributed by atoms with E-state index in [0.717, 1.165) is 37.7 Å². The topological polar surface area (TPSA) is 80.0 Å². The Morgan fingerprint density at radius 1 is 1.23 bits per heavy atom. The Balaban J connectivity index is 2.08. The van der Waals surface area contributed by atoms with Crippen molar-refractivity contribution in [2.24, 2.45) is 21.5 Å². The van der Waals surface area contributed by atoms with Crippen molar-refractivity contribution in [1.29, 1.82) is 0 Å². The lowest BCUT2D eigenvalue weighted by Gasteiger charge is -2.45. The quantitative estimate of drug-likeness (QED) is 0.788. The molecule has 0 bridgehead atoms. The first-order valence-electron chi connectivity index (χ1n) is 7.40. The van der Waals surface area contributed by atoms with Crippen LogP contribution in [-0.4, -0.2) is 17.6 Å². The smallest absolute Gasteiger partial charge is 0.220 e. The molecule has 1 spiro atoms. The highest BCUT2D eigenvalue weighted by Gasteiger charge is 2.43. The van der Waals surface area contributed by atoms with Crippen LogP contribution in [0.25, 0.3) is 0 Å². The van der Waals surface area contributed by atoms with Crippen molar-refractivity contribution >= 4 is 33.5 Å². The normalized spacial score (nSPS) is 20.7. The van der Waals surface area contributed by atoms with Gasteiger partial charge in [-0.05, 0) is 43.4 Å². The van der Waals surface area contributed by atoms with Gasteiger partial charge in [-0.25, -0.2) is 9.38 Å². The van der Waals surface area contributed by atoms with Crippen molar-refractivity contribution in [2.75, 3.05) is 4.90 Å². The summed E-state index contributed by atoms with van der Waals surface area (Å²) < 4.78 is 14.6. The predicted molar refractivity (Wildman–Crippen MR) is 90.6 cm³/mol. The fourth-order valence-corrected chi connectivity index (χ4v) is 3.63. The maximum atomic E-state index is 14.6. The van der Waals surface area contributed by atoms with Crippen molar-refractivity contribution < 1.29 is 4.39 Å². The molecule has 0 amide bonds. The number of guanidine groups is 2. The molecule has 1 aliphatic heterocycles. The predicted octanol–water partition coefficient (Wildman–Crippen LogP) is 2.83. The monoisotopic (exact) mass is 367 g/mol. The Hall–Kier alpha value is -1.63. The van der Waals surface area contributed by atoms with Gasteiger partial charge in [-0.3, -0.25) is 4.90 Å². The van der Waals surface area contributed by atoms with E-state index in [4.69, 9.17) is 11.5 Å². The third kappa shape index (κ3) is 2.58. The molecule has 4 N–H and O–H groups in total. The number of rotatable bonds is 2. The van der Waals surface area contributed by atoms with Crippen LogP contribution in [0.5, 0.6) is 0 Å². The number of alkyl halides is 1. The summed E-state index contributed by atoms with van der Waals surface area (Å²) in [6.07, 6.45) is 4.77. The van der Waals surface area contributed by atoms with Crippen LogP contribution in [0.2, 0.25) is 0 Å². The fourth-order valence-electron chi connectivity index (χ4n) is 3.28. The lowest BCUT2D eigenvalue weighted by Crippen LogP contribution is -2.58. The van der Waals surface area contributed by atoms with Gasteiger partial charge in [0.2, 0.25) is 11.9 Å². The molecular weight excluding hydrogens is 349 g/mol. The minimum atomic E-state index is -0.606. The molecule has 1 aliphatic carbocycles. The summed E-state index contributed by atoms with van der Waals surface area (Å²) in [4.78, 5) is 10.3. The van der Waals surface area contributed by atoms with E-state index < -0.39 is 5.66 Å². The van der Waals surface area contributed by atoms with Crippen LogP contribution in [-0.2, 0) is 5.33 Å². The highest BCUT2D eigenvalue weighted by atomic mass is 79.9. The third-order valence-corrected chi connectivity index (χ3v) is 4.91. The van der Waals surface area contributed by atoms with E-state index in [1.165, 1.54) is 6.07 Å². The summed E-state index contributed by atoms with van der Waals surface area (Å²) in [7, 11) is 0. The van der Waals surface area contributed by atoms with E-state index in [-0.39, 0.29) is 17.7 Å². The van der Waals surface area contributed by atoms with Crippen molar-refractivity contribution in [1.82, 2.24) is 0 Å². The molecule has 5 nitrogen and oxygen atoms in total. The third-order valence-electron chi connectivity index (χ3n) is 4.26. The summed E-state index contributed by atoms with van der Waals surface area (Å²) in [5.41, 5.74) is 12.6. The van der Waals surface area contributed by atoms with Crippen molar-refractivity contribution in [2.45, 2.75) is 43.1 Å². The highest BCUT2D eigenvalue weighted by molar-refractivity contribution is 9.08. The second kappa shape index (κ2) is 5.87. The molecule has 1 saturated carbocycles. The largest absolute Gasteiger partial charge is 0.369 e. The van der Waals surface area contributed by atoms with E-state index in [1.807, 2.05) is 6.07 Å². The first-order chi connectivity index (χ1) is 10.6. The summed E-state index contributed by atoms with van der Waals surface area (Å²) in [5.74, 6) is 0.0590. The number of hydrogen-bond acceptors (Lipinski definition) is 5. The van der Waals surface area contributed by atoms with E-state index in [9.17, 15) is 4.39 Å². The number of benzene rings is 1. The molecule has 0 radical (unpaired) electrons. The molecule has 22 heavy (non-hydrogen) atoms. The van der Waals surface area contributed by atoms with Crippen molar-refractivity contribution in [3.05, 3.63) is 29.6 Å². The standard InChI is InChI=1S/C15H19BrFN5/c16-9-10-4-5-12(11(17)8-10)22-14(19)20-13(18)21-15(22)6-2-1-3-7-15/h4-5,8H,1-3,6-7,9H2,(H4,18,19,20,21). The van der Waals surface area contributed by atoms with Gasteiger partial charge < -0.3 is 11.5 Å². The molecule has 3 rings (SSSR count). The molecule has 2 aliphatic rings. The van der Waals surface area contributed by atoms with E-state index in [1.54, 1.807) is 11.0 Å². The van der Waals surface area contributed by atoms with Gasteiger partial charge in [0.05, 0.1) is 5.69 Å².